The highest BCUT2D eigenvalue weighted by molar-refractivity contribution is 5.92. The van der Waals surface area contributed by atoms with Crippen molar-refractivity contribution in [2.45, 2.75) is 19.8 Å². The van der Waals surface area contributed by atoms with Crippen LogP contribution in [0.5, 0.6) is 5.75 Å². The number of aryl methyl sites for hydroxylation is 1. The number of carbonyl (C=O) groups excluding carboxylic acids is 1. The maximum absolute atomic E-state index is 12.3. The van der Waals surface area contributed by atoms with Crippen molar-refractivity contribution in [2.75, 3.05) is 26.9 Å². The van der Waals surface area contributed by atoms with Gasteiger partial charge in [-0.2, -0.15) is 5.10 Å². The number of hydrogen-bond acceptors (Lipinski definition) is 4. The van der Waals surface area contributed by atoms with E-state index in [0.717, 1.165) is 43.1 Å². The number of amides is 1. The highest BCUT2D eigenvalue weighted by Gasteiger charge is 2.17. The maximum Gasteiger partial charge on any atom is 0.271 e. The fourth-order valence-electron chi connectivity index (χ4n) is 2.85. The minimum atomic E-state index is -0.161. The van der Waals surface area contributed by atoms with E-state index in [1.54, 1.807) is 24.1 Å². The molecular weight excluding hydrogens is 306 g/mol. The van der Waals surface area contributed by atoms with Crippen LogP contribution in [0.4, 0.5) is 0 Å². The molecular formula is C18H23N3O3. The topological polar surface area (TPSA) is 65.4 Å². The van der Waals surface area contributed by atoms with Gasteiger partial charge in [-0.15, -0.1) is 0 Å². The molecule has 0 aliphatic carbocycles. The molecule has 2 aromatic rings. The first-order valence-corrected chi connectivity index (χ1v) is 8.24. The standard InChI is InChI=1S/C18H23N3O3/c1-13-5-6-17(23-2)16(10-13)21-8-7-15(20-21)18(22)19-11-14-4-3-9-24-12-14/h5-8,10,14H,3-4,9,11-12H2,1-2H3,(H,19,22)/t14-/m1/s1. The largest absolute Gasteiger partial charge is 0.494 e. The molecule has 1 aromatic carbocycles. The van der Waals surface area contributed by atoms with E-state index < -0.39 is 0 Å². The fourth-order valence-corrected chi connectivity index (χ4v) is 2.85. The zero-order valence-corrected chi connectivity index (χ0v) is 14.1. The Morgan fingerprint density at radius 3 is 3.08 bits per heavy atom. The van der Waals surface area contributed by atoms with Gasteiger partial charge in [0, 0.05) is 19.3 Å². The molecule has 24 heavy (non-hydrogen) atoms. The number of nitrogens with zero attached hydrogens (tertiary/aromatic N) is 2. The maximum atomic E-state index is 12.3. The van der Waals surface area contributed by atoms with Crippen LogP contribution < -0.4 is 10.1 Å². The SMILES string of the molecule is COc1ccc(C)cc1-n1ccc(C(=O)NC[C@H]2CCCOC2)n1. The summed E-state index contributed by atoms with van der Waals surface area (Å²) < 4.78 is 12.5. The lowest BCUT2D eigenvalue weighted by molar-refractivity contribution is 0.0535. The first-order valence-electron chi connectivity index (χ1n) is 8.24. The van der Waals surface area contributed by atoms with Gasteiger partial charge in [0.1, 0.15) is 11.4 Å². The zero-order chi connectivity index (χ0) is 16.9. The quantitative estimate of drug-likeness (QED) is 0.914. The average molecular weight is 329 g/mol. The number of rotatable bonds is 5. The Balaban J connectivity index is 1.68. The summed E-state index contributed by atoms with van der Waals surface area (Å²) in [6.07, 6.45) is 3.92. The molecule has 1 saturated heterocycles. The third kappa shape index (κ3) is 3.76. The molecule has 6 heteroatoms. The molecule has 128 valence electrons. The number of hydrogen-bond donors (Lipinski definition) is 1. The van der Waals surface area contributed by atoms with Gasteiger partial charge in [0.15, 0.2) is 5.69 Å². The normalized spacial score (nSPS) is 17.5. The Morgan fingerprint density at radius 1 is 1.46 bits per heavy atom. The van der Waals surface area contributed by atoms with E-state index in [-0.39, 0.29) is 5.91 Å². The monoisotopic (exact) mass is 329 g/mol. The molecule has 1 aliphatic rings. The highest BCUT2D eigenvalue weighted by atomic mass is 16.5. The van der Waals surface area contributed by atoms with Crippen LogP contribution >= 0.6 is 0 Å². The number of carbonyl (C=O) groups is 1. The number of methoxy groups -OCH3 is 1. The molecule has 1 aliphatic heterocycles. The van der Waals surface area contributed by atoms with E-state index in [1.165, 1.54) is 0 Å². The Hall–Kier alpha value is -2.34. The second kappa shape index (κ2) is 7.49. The lowest BCUT2D eigenvalue weighted by atomic mass is 10.0. The first-order chi connectivity index (χ1) is 11.7. The van der Waals surface area contributed by atoms with Crippen LogP contribution in [-0.4, -0.2) is 42.6 Å². The lowest BCUT2D eigenvalue weighted by Gasteiger charge is -2.21. The van der Waals surface area contributed by atoms with Crippen LogP contribution in [0.25, 0.3) is 5.69 Å². The summed E-state index contributed by atoms with van der Waals surface area (Å²) >= 11 is 0. The van der Waals surface area contributed by atoms with E-state index in [4.69, 9.17) is 9.47 Å². The lowest BCUT2D eigenvalue weighted by Crippen LogP contribution is -2.33. The summed E-state index contributed by atoms with van der Waals surface area (Å²) in [5.41, 5.74) is 2.32. The molecule has 0 spiro atoms. The van der Waals surface area contributed by atoms with Crippen molar-refractivity contribution >= 4 is 5.91 Å². The van der Waals surface area contributed by atoms with Gasteiger partial charge in [-0.25, -0.2) is 4.68 Å². The fraction of sp³-hybridized carbons (Fsp3) is 0.444. The Kier molecular flexibility index (Phi) is 5.15. The minimum Gasteiger partial charge on any atom is -0.494 e. The van der Waals surface area contributed by atoms with E-state index in [2.05, 4.69) is 10.4 Å². The van der Waals surface area contributed by atoms with Crippen LogP contribution in [0.2, 0.25) is 0 Å². The summed E-state index contributed by atoms with van der Waals surface area (Å²) in [4.78, 5) is 12.3. The Morgan fingerprint density at radius 2 is 2.33 bits per heavy atom. The summed E-state index contributed by atoms with van der Waals surface area (Å²) in [6, 6.07) is 7.57. The summed E-state index contributed by atoms with van der Waals surface area (Å²) in [6.45, 7) is 4.17. The second-order valence-corrected chi connectivity index (χ2v) is 6.11. The van der Waals surface area contributed by atoms with Gasteiger partial charge in [0.05, 0.1) is 13.7 Å². The van der Waals surface area contributed by atoms with Gasteiger partial charge in [0.25, 0.3) is 5.91 Å². The van der Waals surface area contributed by atoms with Gasteiger partial charge in [-0.1, -0.05) is 6.07 Å². The van der Waals surface area contributed by atoms with Crippen molar-refractivity contribution in [1.29, 1.82) is 0 Å². The number of nitrogens with one attached hydrogen (secondary N) is 1. The van der Waals surface area contributed by atoms with Crippen LogP contribution in [-0.2, 0) is 4.74 Å². The predicted octanol–water partition coefficient (Wildman–Crippen LogP) is 2.35. The van der Waals surface area contributed by atoms with Crippen LogP contribution in [0.15, 0.2) is 30.5 Å². The van der Waals surface area contributed by atoms with Crippen LogP contribution in [0, 0.1) is 12.8 Å². The van der Waals surface area contributed by atoms with Crippen molar-refractivity contribution in [3.05, 3.63) is 41.7 Å². The molecule has 1 amide bonds. The number of ether oxygens (including phenoxy) is 2. The van der Waals surface area contributed by atoms with Crippen molar-refractivity contribution < 1.29 is 14.3 Å². The van der Waals surface area contributed by atoms with E-state index in [9.17, 15) is 4.79 Å². The molecule has 0 radical (unpaired) electrons. The molecule has 2 heterocycles. The summed E-state index contributed by atoms with van der Waals surface area (Å²) in [5.74, 6) is 0.947. The predicted molar refractivity (Wildman–Crippen MR) is 90.7 cm³/mol. The molecule has 1 fully saturated rings. The van der Waals surface area contributed by atoms with E-state index >= 15 is 0 Å². The molecule has 0 saturated carbocycles. The molecule has 3 rings (SSSR count). The van der Waals surface area contributed by atoms with E-state index in [1.807, 2.05) is 25.1 Å². The summed E-state index contributed by atoms with van der Waals surface area (Å²) in [7, 11) is 1.62. The second-order valence-electron chi connectivity index (χ2n) is 6.11. The van der Waals surface area contributed by atoms with Crippen molar-refractivity contribution in [1.82, 2.24) is 15.1 Å². The third-order valence-corrected chi connectivity index (χ3v) is 4.21. The Bertz CT molecular complexity index is 705. The van der Waals surface area contributed by atoms with Crippen molar-refractivity contribution in [2.24, 2.45) is 5.92 Å². The van der Waals surface area contributed by atoms with Crippen LogP contribution in [0.3, 0.4) is 0 Å². The van der Waals surface area contributed by atoms with Gasteiger partial charge in [0.2, 0.25) is 0 Å². The minimum absolute atomic E-state index is 0.161. The van der Waals surface area contributed by atoms with Crippen LogP contribution in [0.1, 0.15) is 28.9 Å². The van der Waals surface area contributed by atoms with Gasteiger partial charge in [-0.05, 0) is 49.4 Å². The third-order valence-electron chi connectivity index (χ3n) is 4.21. The average Bonchev–Trinajstić information content (AvgIpc) is 3.10. The highest BCUT2D eigenvalue weighted by Crippen LogP contribution is 2.23. The smallest absolute Gasteiger partial charge is 0.271 e. The molecule has 1 aromatic heterocycles. The van der Waals surface area contributed by atoms with Crippen molar-refractivity contribution in [3.8, 4) is 11.4 Å². The molecule has 0 bridgehead atoms. The number of benzene rings is 1. The molecule has 1 N–H and O–H groups in total. The van der Waals surface area contributed by atoms with Crippen molar-refractivity contribution in [3.63, 3.8) is 0 Å². The van der Waals surface area contributed by atoms with Gasteiger partial charge >= 0.3 is 0 Å². The first kappa shape index (κ1) is 16.5. The Labute approximate surface area is 141 Å². The summed E-state index contributed by atoms with van der Waals surface area (Å²) in [5, 5.41) is 7.33. The number of aromatic nitrogens is 2. The van der Waals surface area contributed by atoms with Gasteiger partial charge < -0.3 is 14.8 Å². The zero-order valence-electron chi connectivity index (χ0n) is 14.1. The molecule has 0 unspecified atom stereocenters. The molecule has 1 atom stereocenters. The molecule has 6 nitrogen and oxygen atoms in total. The van der Waals surface area contributed by atoms with E-state index in [0.29, 0.717) is 18.2 Å². The van der Waals surface area contributed by atoms with Gasteiger partial charge in [-0.3, -0.25) is 4.79 Å².